The summed E-state index contributed by atoms with van der Waals surface area (Å²) in [6.07, 6.45) is 4.67. The molecular weight excluding hydrogens is 322 g/mol. The number of nitrogens with zero attached hydrogens (tertiary/aromatic N) is 3. The van der Waals surface area contributed by atoms with E-state index in [2.05, 4.69) is 15.6 Å². The van der Waals surface area contributed by atoms with Crippen molar-refractivity contribution in [1.82, 2.24) is 14.5 Å². The number of methoxy groups -OCH3 is 1. The molecule has 126 valence electrons. The Morgan fingerprint density at radius 3 is 2.79 bits per heavy atom. The summed E-state index contributed by atoms with van der Waals surface area (Å²) >= 11 is 1.61. The summed E-state index contributed by atoms with van der Waals surface area (Å²) in [5, 5.41) is 0.920. The largest absolute Gasteiger partial charge is 0.493 e. The molecule has 6 heteroatoms. The molecule has 0 aliphatic carbocycles. The SMILES string of the molecule is COCCCOc1ccnc(-n2c(SC)nc3ccccc32)c1C. The van der Waals surface area contributed by atoms with Crippen molar-refractivity contribution in [3.05, 3.63) is 42.1 Å². The van der Waals surface area contributed by atoms with Crippen molar-refractivity contribution in [3.8, 4) is 11.6 Å². The number of aromatic nitrogens is 3. The molecule has 0 bridgehead atoms. The van der Waals surface area contributed by atoms with Crippen molar-refractivity contribution < 1.29 is 9.47 Å². The zero-order chi connectivity index (χ0) is 16.9. The van der Waals surface area contributed by atoms with Crippen molar-refractivity contribution in [3.63, 3.8) is 0 Å². The van der Waals surface area contributed by atoms with Crippen molar-refractivity contribution in [2.24, 2.45) is 0 Å². The number of thioether (sulfide) groups is 1. The maximum Gasteiger partial charge on any atom is 0.174 e. The third kappa shape index (κ3) is 3.25. The van der Waals surface area contributed by atoms with Crippen LogP contribution in [0.4, 0.5) is 0 Å². The van der Waals surface area contributed by atoms with E-state index in [-0.39, 0.29) is 0 Å². The summed E-state index contributed by atoms with van der Waals surface area (Å²) in [7, 11) is 1.70. The van der Waals surface area contributed by atoms with Gasteiger partial charge in [0, 0.05) is 31.9 Å². The van der Waals surface area contributed by atoms with Gasteiger partial charge in [-0.2, -0.15) is 0 Å². The lowest BCUT2D eigenvalue weighted by Gasteiger charge is -2.14. The first-order valence-electron chi connectivity index (χ1n) is 7.85. The smallest absolute Gasteiger partial charge is 0.174 e. The number of benzene rings is 1. The average Bonchev–Trinajstić information content (AvgIpc) is 2.98. The van der Waals surface area contributed by atoms with Crippen LogP contribution in [0.15, 0.2) is 41.7 Å². The first-order valence-corrected chi connectivity index (χ1v) is 9.08. The van der Waals surface area contributed by atoms with Crippen molar-refractivity contribution in [2.75, 3.05) is 26.6 Å². The van der Waals surface area contributed by atoms with Gasteiger partial charge in [0.1, 0.15) is 11.6 Å². The molecular formula is C18H21N3O2S. The number of fused-ring (bicyclic) bond motifs is 1. The van der Waals surface area contributed by atoms with Crippen LogP contribution >= 0.6 is 11.8 Å². The van der Waals surface area contributed by atoms with E-state index in [1.807, 2.05) is 37.4 Å². The molecule has 0 spiro atoms. The molecule has 0 atom stereocenters. The van der Waals surface area contributed by atoms with E-state index in [9.17, 15) is 0 Å². The van der Waals surface area contributed by atoms with Gasteiger partial charge in [0.05, 0.1) is 17.6 Å². The monoisotopic (exact) mass is 343 g/mol. The van der Waals surface area contributed by atoms with Gasteiger partial charge in [-0.1, -0.05) is 23.9 Å². The fourth-order valence-electron chi connectivity index (χ4n) is 2.62. The van der Waals surface area contributed by atoms with Gasteiger partial charge >= 0.3 is 0 Å². The minimum atomic E-state index is 0.623. The molecule has 0 aliphatic heterocycles. The second kappa shape index (κ2) is 7.68. The van der Waals surface area contributed by atoms with E-state index >= 15 is 0 Å². The highest BCUT2D eigenvalue weighted by atomic mass is 32.2. The molecule has 1 aromatic carbocycles. The highest BCUT2D eigenvalue weighted by Gasteiger charge is 2.16. The van der Waals surface area contributed by atoms with Crippen LogP contribution in [-0.4, -0.2) is 41.1 Å². The average molecular weight is 343 g/mol. The lowest BCUT2D eigenvalue weighted by Crippen LogP contribution is -2.06. The van der Waals surface area contributed by atoms with E-state index in [1.54, 1.807) is 25.1 Å². The number of hydrogen-bond donors (Lipinski definition) is 0. The van der Waals surface area contributed by atoms with Gasteiger partial charge in [-0.25, -0.2) is 9.97 Å². The van der Waals surface area contributed by atoms with Gasteiger partial charge in [-0.05, 0) is 31.4 Å². The fourth-order valence-corrected chi connectivity index (χ4v) is 3.18. The Balaban J connectivity index is 2.01. The molecule has 24 heavy (non-hydrogen) atoms. The van der Waals surface area contributed by atoms with Gasteiger partial charge in [-0.3, -0.25) is 4.57 Å². The van der Waals surface area contributed by atoms with Crippen LogP contribution in [0.2, 0.25) is 0 Å². The molecule has 3 rings (SSSR count). The van der Waals surface area contributed by atoms with Crippen LogP contribution in [0.1, 0.15) is 12.0 Å². The molecule has 0 saturated heterocycles. The second-order valence-corrected chi connectivity index (χ2v) is 6.15. The summed E-state index contributed by atoms with van der Waals surface area (Å²) in [5.41, 5.74) is 3.02. The summed E-state index contributed by atoms with van der Waals surface area (Å²) in [6.45, 7) is 3.35. The van der Waals surface area contributed by atoms with E-state index in [0.29, 0.717) is 13.2 Å². The van der Waals surface area contributed by atoms with Crippen LogP contribution in [-0.2, 0) is 4.74 Å². The molecule has 0 amide bonds. The van der Waals surface area contributed by atoms with Gasteiger partial charge in [0.15, 0.2) is 5.16 Å². The quantitative estimate of drug-likeness (QED) is 0.481. The number of rotatable bonds is 7. The Morgan fingerprint density at radius 2 is 2.00 bits per heavy atom. The fraction of sp³-hybridized carbons (Fsp3) is 0.333. The summed E-state index contributed by atoms with van der Waals surface area (Å²) in [6, 6.07) is 10.0. The van der Waals surface area contributed by atoms with Crippen molar-refractivity contribution >= 4 is 22.8 Å². The molecule has 0 aliphatic rings. The number of imidazole rings is 1. The third-order valence-corrected chi connectivity index (χ3v) is 4.44. The third-order valence-electron chi connectivity index (χ3n) is 3.80. The summed E-state index contributed by atoms with van der Waals surface area (Å²) < 4.78 is 13.1. The number of ether oxygens (including phenoxy) is 2. The highest BCUT2D eigenvalue weighted by Crippen LogP contribution is 2.30. The van der Waals surface area contributed by atoms with E-state index < -0.39 is 0 Å². The maximum atomic E-state index is 5.90. The van der Waals surface area contributed by atoms with E-state index in [0.717, 1.165) is 39.7 Å². The minimum absolute atomic E-state index is 0.623. The molecule has 2 aromatic heterocycles. The minimum Gasteiger partial charge on any atom is -0.493 e. The topological polar surface area (TPSA) is 49.2 Å². The lowest BCUT2D eigenvalue weighted by atomic mass is 10.2. The zero-order valence-corrected chi connectivity index (χ0v) is 15.0. The molecule has 0 radical (unpaired) electrons. The molecule has 0 N–H and O–H groups in total. The molecule has 0 saturated carbocycles. The standard InChI is InChI=1S/C18H21N3O2S/c1-13-16(23-12-6-11-22-2)9-10-19-17(13)21-15-8-5-4-7-14(15)20-18(21)24-3/h4-5,7-10H,6,11-12H2,1-3H3. The lowest BCUT2D eigenvalue weighted by molar-refractivity contribution is 0.172. The van der Waals surface area contributed by atoms with Gasteiger partial charge < -0.3 is 9.47 Å². The highest BCUT2D eigenvalue weighted by molar-refractivity contribution is 7.98. The Morgan fingerprint density at radius 1 is 1.17 bits per heavy atom. The molecule has 0 fully saturated rings. The Kier molecular flexibility index (Phi) is 5.37. The van der Waals surface area contributed by atoms with Crippen LogP contribution in [0.25, 0.3) is 16.9 Å². The molecule has 0 unspecified atom stereocenters. The predicted octanol–water partition coefficient (Wildman–Crippen LogP) is 3.87. The van der Waals surface area contributed by atoms with E-state index in [4.69, 9.17) is 14.5 Å². The number of para-hydroxylation sites is 2. The normalized spacial score (nSPS) is 11.1. The van der Waals surface area contributed by atoms with Crippen molar-refractivity contribution in [2.45, 2.75) is 18.5 Å². The maximum absolute atomic E-state index is 5.90. The first kappa shape index (κ1) is 16.8. The Bertz CT molecular complexity index is 832. The second-order valence-electron chi connectivity index (χ2n) is 5.38. The molecule has 2 heterocycles. The molecule has 5 nitrogen and oxygen atoms in total. The van der Waals surface area contributed by atoms with Gasteiger partial charge in [0.25, 0.3) is 0 Å². The summed E-state index contributed by atoms with van der Waals surface area (Å²) in [5.74, 6) is 1.71. The Labute approximate surface area is 146 Å². The number of pyridine rings is 1. The number of hydrogen-bond acceptors (Lipinski definition) is 5. The van der Waals surface area contributed by atoms with E-state index in [1.165, 1.54) is 0 Å². The predicted molar refractivity (Wildman–Crippen MR) is 97.4 cm³/mol. The Hall–Kier alpha value is -2.05. The van der Waals surface area contributed by atoms with Crippen LogP contribution in [0.3, 0.4) is 0 Å². The van der Waals surface area contributed by atoms with Gasteiger partial charge in [-0.15, -0.1) is 0 Å². The molecule has 3 aromatic rings. The van der Waals surface area contributed by atoms with Crippen LogP contribution in [0, 0.1) is 6.92 Å². The van der Waals surface area contributed by atoms with Crippen LogP contribution < -0.4 is 4.74 Å². The summed E-state index contributed by atoms with van der Waals surface area (Å²) in [4.78, 5) is 9.28. The van der Waals surface area contributed by atoms with Crippen molar-refractivity contribution in [1.29, 1.82) is 0 Å². The van der Waals surface area contributed by atoms with Crippen LogP contribution in [0.5, 0.6) is 5.75 Å². The zero-order valence-electron chi connectivity index (χ0n) is 14.2. The van der Waals surface area contributed by atoms with Gasteiger partial charge in [0.2, 0.25) is 0 Å². The first-order chi connectivity index (χ1) is 11.8.